The lowest BCUT2D eigenvalue weighted by atomic mass is 10.4. The van der Waals surface area contributed by atoms with Crippen LogP contribution in [-0.2, 0) is 9.53 Å². The van der Waals surface area contributed by atoms with E-state index in [9.17, 15) is 4.79 Å². The van der Waals surface area contributed by atoms with E-state index in [1.54, 1.807) is 12.0 Å². The Morgan fingerprint density at radius 1 is 1.37 bits per heavy atom. The van der Waals surface area contributed by atoms with Crippen molar-refractivity contribution in [3.8, 4) is 6.07 Å². The molecule has 0 radical (unpaired) electrons. The smallest absolute Gasteiger partial charge is 0.233 e. The fourth-order valence-electron chi connectivity index (χ4n) is 1.50. The standard InChI is InChI=1S/C14H18N2O2S/c1-18-11-10-16(9-5-8-15)14(17)12-19-13-6-3-2-4-7-13/h2-4,6-7H,5,9-12H2,1H3. The van der Waals surface area contributed by atoms with E-state index in [0.29, 0.717) is 31.9 Å². The van der Waals surface area contributed by atoms with Crippen LogP contribution in [0.5, 0.6) is 0 Å². The van der Waals surface area contributed by atoms with Crippen LogP contribution in [0, 0.1) is 11.3 Å². The summed E-state index contributed by atoms with van der Waals surface area (Å²) in [7, 11) is 1.60. The SMILES string of the molecule is COCCN(CCC#N)C(=O)CSc1ccccc1. The van der Waals surface area contributed by atoms with Crippen molar-refractivity contribution < 1.29 is 9.53 Å². The van der Waals surface area contributed by atoms with E-state index in [1.165, 1.54) is 11.8 Å². The Kier molecular flexibility index (Phi) is 7.71. The summed E-state index contributed by atoms with van der Waals surface area (Å²) in [6.07, 6.45) is 0.353. The molecular formula is C14H18N2O2S. The van der Waals surface area contributed by atoms with Gasteiger partial charge in [0, 0.05) is 25.1 Å². The van der Waals surface area contributed by atoms with E-state index in [2.05, 4.69) is 6.07 Å². The molecule has 0 heterocycles. The number of carbonyl (C=O) groups is 1. The van der Waals surface area contributed by atoms with Crippen molar-refractivity contribution in [1.29, 1.82) is 5.26 Å². The van der Waals surface area contributed by atoms with Crippen molar-refractivity contribution in [3.63, 3.8) is 0 Å². The summed E-state index contributed by atoms with van der Waals surface area (Å²) < 4.78 is 4.98. The Morgan fingerprint density at radius 3 is 2.74 bits per heavy atom. The molecule has 1 rings (SSSR count). The molecule has 0 saturated carbocycles. The summed E-state index contributed by atoms with van der Waals surface area (Å²) in [5.74, 6) is 0.431. The van der Waals surface area contributed by atoms with Crippen molar-refractivity contribution in [2.24, 2.45) is 0 Å². The number of hydrogen-bond acceptors (Lipinski definition) is 4. The fraction of sp³-hybridized carbons (Fsp3) is 0.429. The summed E-state index contributed by atoms with van der Waals surface area (Å²) >= 11 is 1.51. The largest absolute Gasteiger partial charge is 0.383 e. The van der Waals surface area contributed by atoms with Crippen LogP contribution in [-0.4, -0.2) is 43.4 Å². The molecule has 0 fully saturated rings. The van der Waals surface area contributed by atoms with Gasteiger partial charge in [-0.3, -0.25) is 4.79 Å². The lowest BCUT2D eigenvalue weighted by molar-refractivity contribution is -0.128. The van der Waals surface area contributed by atoms with Gasteiger partial charge in [0.15, 0.2) is 0 Å². The highest BCUT2D eigenvalue weighted by Gasteiger charge is 2.13. The number of nitrogens with zero attached hydrogens (tertiary/aromatic N) is 2. The number of nitriles is 1. The number of rotatable bonds is 8. The van der Waals surface area contributed by atoms with E-state index < -0.39 is 0 Å². The fourth-order valence-corrected chi connectivity index (χ4v) is 2.32. The second-order valence-electron chi connectivity index (χ2n) is 3.88. The number of methoxy groups -OCH3 is 1. The maximum absolute atomic E-state index is 12.1. The number of amides is 1. The molecule has 1 aromatic carbocycles. The Labute approximate surface area is 118 Å². The van der Waals surface area contributed by atoms with Crippen LogP contribution in [0.15, 0.2) is 35.2 Å². The highest BCUT2D eigenvalue weighted by atomic mass is 32.2. The van der Waals surface area contributed by atoms with Crippen molar-refractivity contribution >= 4 is 17.7 Å². The highest BCUT2D eigenvalue weighted by molar-refractivity contribution is 8.00. The third-order valence-corrected chi connectivity index (χ3v) is 3.51. The van der Waals surface area contributed by atoms with Crippen LogP contribution < -0.4 is 0 Å². The molecule has 102 valence electrons. The molecule has 0 aliphatic carbocycles. The molecule has 0 saturated heterocycles. The molecule has 0 aliphatic heterocycles. The van der Waals surface area contributed by atoms with E-state index in [0.717, 1.165) is 4.90 Å². The number of thioether (sulfide) groups is 1. The van der Waals surface area contributed by atoms with Gasteiger partial charge in [0.25, 0.3) is 0 Å². The number of hydrogen-bond donors (Lipinski definition) is 0. The van der Waals surface area contributed by atoms with Crippen LogP contribution in [0.3, 0.4) is 0 Å². The van der Waals surface area contributed by atoms with Crippen molar-refractivity contribution in [1.82, 2.24) is 4.90 Å². The lowest BCUT2D eigenvalue weighted by Crippen LogP contribution is -2.35. The second kappa shape index (κ2) is 9.42. The molecule has 0 unspecified atom stereocenters. The van der Waals surface area contributed by atoms with E-state index >= 15 is 0 Å². The molecule has 5 heteroatoms. The quantitative estimate of drug-likeness (QED) is 0.684. The topological polar surface area (TPSA) is 53.3 Å². The zero-order chi connectivity index (χ0) is 13.9. The van der Waals surface area contributed by atoms with Crippen molar-refractivity contribution in [2.45, 2.75) is 11.3 Å². The van der Waals surface area contributed by atoms with Gasteiger partial charge in [-0.1, -0.05) is 18.2 Å². The summed E-state index contributed by atoms with van der Waals surface area (Å²) in [6, 6.07) is 11.9. The molecule has 4 nitrogen and oxygen atoms in total. The van der Waals surface area contributed by atoms with Gasteiger partial charge in [0.2, 0.25) is 5.91 Å². The average molecular weight is 278 g/mol. The Bertz CT molecular complexity index is 417. The molecule has 0 spiro atoms. The van der Waals surface area contributed by atoms with Gasteiger partial charge < -0.3 is 9.64 Å². The molecule has 0 aliphatic rings. The van der Waals surface area contributed by atoms with Gasteiger partial charge in [-0.25, -0.2) is 0 Å². The molecule has 0 atom stereocenters. The van der Waals surface area contributed by atoms with Gasteiger partial charge in [0.1, 0.15) is 0 Å². The molecule has 1 amide bonds. The minimum absolute atomic E-state index is 0.0427. The summed E-state index contributed by atoms with van der Waals surface area (Å²) in [4.78, 5) is 14.8. The van der Waals surface area contributed by atoms with Gasteiger partial charge in [-0.05, 0) is 12.1 Å². The first-order valence-electron chi connectivity index (χ1n) is 6.09. The van der Waals surface area contributed by atoms with E-state index in [1.807, 2.05) is 30.3 Å². The summed E-state index contributed by atoms with van der Waals surface area (Å²) in [5.41, 5.74) is 0. The van der Waals surface area contributed by atoms with Gasteiger partial charge in [-0.15, -0.1) is 11.8 Å². The van der Waals surface area contributed by atoms with Crippen molar-refractivity contribution in [3.05, 3.63) is 30.3 Å². The van der Waals surface area contributed by atoms with Crippen LogP contribution in [0.2, 0.25) is 0 Å². The third kappa shape index (κ3) is 6.27. The van der Waals surface area contributed by atoms with Crippen molar-refractivity contribution in [2.75, 3.05) is 32.6 Å². The average Bonchev–Trinajstić information content (AvgIpc) is 2.46. The first kappa shape index (κ1) is 15.5. The van der Waals surface area contributed by atoms with Crippen LogP contribution >= 0.6 is 11.8 Å². The monoisotopic (exact) mass is 278 g/mol. The first-order chi connectivity index (χ1) is 9.27. The molecule has 1 aromatic rings. The molecule has 0 N–H and O–H groups in total. The predicted molar refractivity (Wildman–Crippen MR) is 75.9 cm³/mol. The van der Waals surface area contributed by atoms with Crippen LogP contribution in [0.1, 0.15) is 6.42 Å². The van der Waals surface area contributed by atoms with E-state index in [-0.39, 0.29) is 5.91 Å². The maximum atomic E-state index is 12.1. The molecule has 19 heavy (non-hydrogen) atoms. The normalized spacial score (nSPS) is 9.89. The Balaban J connectivity index is 2.44. The molecule has 0 aromatic heterocycles. The first-order valence-corrected chi connectivity index (χ1v) is 7.08. The van der Waals surface area contributed by atoms with Crippen LogP contribution in [0.4, 0.5) is 0 Å². The number of benzene rings is 1. The number of carbonyl (C=O) groups excluding carboxylic acids is 1. The minimum atomic E-state index is 0.0427. The van der Waals surface area contributed by atoms with Crippen LogP contribution in [0.25, 0.3) is 0 Å². The Hall–Kier alpha value is -1.51. The zero-order valence-corrected chi connectivity index (χ0v) is 11.9. The predicted octanol–water partition coefficient (Wildman–Crippen LogP) is 2.17. The lowest BCUT2D eigenvalue weighted by Gasteiger charge is -2.21. The summed E-state index contributed by atoms with van der Waals surface area (Å²) in [5, 5.41) is 8.61. The van der Waals surface area contributed by atoms with Gasteiger partial charge in [0.05, 0.1) is 24.8 Å². The number of ether oxygens (including phenoxy) is 1. The maximum Gasteiger partial charge on any atom is 0.233 e. The Morgan fingerprint density at radius 2 is 2.11 bits per heavy atom. The summed E-state index contributed by atoms with van der Waals surface area (Å²) in [6.45, 7) is 1.49. The van der Waals surface area contributed by atoms with E-state index in [4.69, 9.17) is 10.00 Å². The molecule has 0 bridgehead atoms. The van der Waals surface area contributed by atoms with Gasteiger partial charge in [-0.2, -0.15) is 5.26 Å². The third-order valence-electron chi connectivity index (χ3n) is 2.52. The zero-order valence-electron chi connectivity index (χ0n) is 11.0. The highest BCUT2D eigenvalue weighted by Crippen LogP contribution is 2.17. The minimum Gasteiger partial charge on any atom is -0.383 e. The molecular weight excluding hydrogens is 260 g/mol. The second-order valence-corrected chi connectivity index (χ2v) is 4.93. The van der Waals surface area contributed by atoms with Gasteiger partial charge >= 0.3 is 0 Å².